The Balaban J connectivity index is 1.38. The van der Waals surface area contributed by atoms with E-state index in [-0.39, 0.29) is 5.41 Å². The quantitative estimate of drug-likeness (QED) is 0.706. The number of hydrogen-bond donors (Lipinski definition) is 0. The molecule has 0 aromatic heterocycles. The fraction of sp³-hybridized carbons (Fsp3) is 0.708. The number of methoxy groups -OCH3 is 1. The highest BCUT2D eigenvalue weighted by atomic mass is 16.5. The van der Waals surface area contributed by atoms with E-state index in [4.69, 9.17) is 4.74 Å². The molecule has 5 nitrogen and oxygen atoms in total. The summed E-state index contributed by atoms with van der Waals surface area (Å²) >= 11 is 0. The fourth-order valence-corrected chi connectivity index (χ4v) is 5.14. The third-order valence-corrected chi connectivity index (χ3v) is 7.15. The number of carbonyl (C=O) groups is 1. The Hall–Kier alpha value is -1.59. The average Bonchev–Trinajstić information content (AvgIpc) is 3.48. The van der Waals surface area contributed by atoms with Gasteiger partial charge in [0, 0.05) is 31.7 Å². The predicted molar refractivity (Wildman–Crippen MR) is 116 cm³/mol. The van der Waals surface area contributed by atoms with Gasteiger partial charge in [-0.25, -0.2) is 0 Å². The van der Waals surface area contributed by atoms with Crippen LogP contribution in [0.25, 0.3) is 0 Å². The molecule has 1 saturated carbocycles. The maximum Gasteiger partial charge on any atom is 0.233 e. The van der Waals surface area contributed by atoms with Crippen molar-refractivity contribution in [1.29, 1.82) is 0 Å². The van der Waals surface area contributed by atoms with Crippen LogP contribution in [0.2, 0.25) is 0 Å². The summed E-state index contributed by atoms with van der Waals surface area (Å²) in [6.07, 6.45) is 4.46. The molecule has 1 aromatic carbocycles. The summed E-state index contributed by atoms with van der Waals surface area (Å²) in [5.41, 5.74) is 0.884. The molecule has 0 atom stereocenters. The second-order valence-electron chi connectivity index (χ2n) is 9.80. The maximum atomic E-state index is 13.3. The van der Waals surface area contributed by atoms with E-state index in [9.17, 15) is 4.79 Å². The highest BCUT2D eigenvalue weighted by Gasteiger charge is 2.55. The van der Waals surface area contributed by atoms with Gasteiger partial charge in [0.15, 0.2) is 0 Å². The Labute approximate surface area is 176 Å². The van der Waals surface area contributed by atoms with Crippen molar-refractivity contribution in [3.63, 3.8) is 0 Å². The first-order chi connectivity index (χ1) is 13.9. The largest absolute Gasteiger partial charge is 0.497 e. The Morgan fingerprint density at radius 1 is 1.14 bits per heavy atom. The molecule has 0 unspecified atom stereocenters. The van der Waals surface area contributed by atoms with Crippen LogP contribution in [-0.4, -0.2) is 79.6 Å². The smallest absolute Gasteiger partial charge is 0.233 e. The van der Waals surface area contributed by atoms with E-state index in [0.29, 0.717) is 23.9 Å². The first-order valence-corrected chi connectivity index (χ1v) is 11.3. The predicted octanol–water partition coefficient (Wildman–Crippen LogP) is 2.99. The Kier molecular flexibility index (Phi) is 5.90. The second kappa shape index (κ2) is 8.27. The van der Waals surface area contributed by atoms with Gasteiger partial charge in [-0.15, -0.1) is 0 Å². The van der Waals surface area contributed by atoms with Crippen LogP contribution < -0.4 is 4.74 Å². The minimum absolute atomic E-state index is 0.270. The number of carbonyl (C=O) groups excluding carboxylic acids is 1. The summed E-state index contributed by atoms with van der Waals surface area (Å²) in [6.45, 7) is 9.94. The van der Waals surface area contributed by atoms with Crippen molar-refractivity contribution in [2.45, 2.75) is 57.0 Å². The van der Waals surface area contributed by atoms with E-state index in [1.54, 1.807) is 7.11 Å². The molecule has 1 amide bonds. The number of piperidine rings is 1. The summed E-state index contributed by atoms with van der Waals surface area (Å²) in [4.78, 5) is 20.6. The normalized spacial score (nSPS) is 22.8. The van der Waals surface area contributed by atoms with Crippen molar-refractivity contribution < 1.29 is 9.53 Å². The number of hydrogen-bond acceptors (Lipinski definition) is 4. The number of rotatable bonds is 7. The van der Waals surface area contributed by atoms with Gasteiger partial charge in [0.05, 0.1) is 12.5 Å². The second-order valence-corrected chi connectivity index (χ2v) is 9.80. The molecule has 3 fully saturated rings. The summed E-state index contributed by atoms with van der Waals surface area (Å²) in [7, 11) is 3.90. The number of ether oxygens (including phenoxy) is 1. The van der Waals surface area contributed by atoms with Crippen molar-refractivity contribution in [2.75, 3.05) is 46.9 Å². The molecular formula is C24H37N3O2. The number of benzene rings is 1. The Morgan fingerprint density at radius 3 is 2.28 bits per heavy atom. The zero-order valence-corrected chi connectivity index (χ0v) is 18.6. The van der Waals surface area contributed by atoms with E-state index in [2.05, 4.69) is 47.7 Å². The molecule has 3 aliphatic rings. The van der Waals surface area contributed by atoms with E-state index in [0.717, 1.165) is 43.8 Å². The summed E-state index contributed by atoms with van der Waals surface area (Å²) in [6, 6.07) is 9.31. The van der Waals surface area contributed by atoms with Gasteiger partial charge < -0.3 is 14.5 Å². The lowest BCUT2D eigenvalue weighted by atomic mass is 9.91. The molecule has 1 aromatic rings. The lowest BCUT2D eigenvalue weighted by molar-refractivity contribution is -0.143. The highest BCUT2D eigenvalue weighted by molar-refractivity contribution is 5.92. The van der Waals surface area contributed by atoms with Gasteiger partial charge in [-0.3, -0.25) is 9.69 Å². The van der Waals surface area contributed by atoms with Crippen molar-refractivity contribution in [3.05, 3.63) is 29.8 Å². The van der Waals surface area contributed by atoms with Crippen molar-refractivity contribution in [1.82, 2.24) is 14.7 Å². The van der Waals surface area contributed by atoms with Gasteiger partial charge in [0.25, 0.3) is 0 Å². The van der Waals surface area contributed by atoms with E-state index in [1.165, 1.54) is 25.9 Å². The molecule has 29 heavy (non-hydrogen) atoms. The number of amides is 1. The summed E-state index contributed by atoms with van der Waals surface area (Å²) in [5.74, 6) is 1.85. The van der Waals surface area contributed by atoms with Crippen LogP contribution in [0.4, 0.5) is 0 Å². The van der Waals surface area contributed by atoms with Gasteiger partial charge in [-0.05, 0) is 69.4 Å². The third-order valence-electron chi connectivity index (χ3n) is 7.15. The van der Waals surface area contributed by atoms with Crippen molar-refractivity contribution >= 4 is 5.91 Å². The first kappa shape index (κ1) is 20.7. The lowest BCUT2D eigenvalue weighted by Gasteiger charge is -2.51. The third kappa shape index (κ3) is 4.17. The van der Waals surface area contributed by atoms with Crippen LogP contribution in [0.5, 0.6) is 5.75 Å². The zero-order valence-electron chi connectivity index (χ0n) is 18.6. The standard InChI is InChI=1S/C24H37N3O2/c1-18(2)15-27(20-9-13-25(3)14-10-20)21-16-26(17-21)23(28)24(11-12-24)19-5-7-22(29-4)8-6-19/h5-8,18,20-21H,9-17H2,1-4H3. The fourth-order valence-electron chi connectivity index (χ4n) is 5.14. The minimum Gasteiger partial charge on any atom is -0.497 e. The molecular weight excluding hydrogens is 362 g/mol. The Morgan fingerprint density at radius 2 is 1.76 bits per heavy atom. The van der Waals surface area contributed by atoms with E-state index >= 15 is 0 Å². The lowest BCUT2D eigenvalue weighted by Crippen LogP contribution is -2.65. The Bertz CT molecular complexity index is 699. The van der Waals surface area contributed by atoms with Crippen molar-refractivity contribution in [3.8, 4) is 5.75 Å². The summed E-state index contributed by atoms with van der Waals surface area (Å²) < 4.78 is 5.27. The van der Waals surface area contributed by atoms with E-state index < -0.39 is 0 Å². The van der Waals surface area contributed by atoms with Gasteiger partial charge in [-0.1, -0.05) is 26.0 Å². The SMILES string of the molecule is COc1ccc(C2(C(=O)N3CC(N(CC(C)C)C4CCN(C)CC4)C3)CC2)cc1. The maximum absolute atomic E-state index is 13.3. The first-order valence-electron chi connectivity index (χ1n) is 11.3. The monoisotopic (exact) mass is 399 g/mol. The average molecular weight is 400 g/mol. The van der Waals surface area contributed by atoms with Crippen molar-refractivity contribution in [2.24, 2.45) is 5.92 Å². The molecule has 2 heterocycles. The molecule has 0 N–H and O–H groups in total. The molecule has 4 rings (SSSR count). The van der Waals surface area contributed by atoms with Crippen LogP contribution in [0.15, 0.2) is 24.3 Å². The molecule has 1 aliphatic carbocycles. The van der Waals surface area contributed by atoms with Gasteiger partial charge in [-0.2, -0.15) is 0 Å². The van der Waals surface area contributed by atoms with Crippen LogP contribution in [0.1, 0.15) is 45.1 Å². The van der Waals surface area contributed by atoms with E-state index in [1.807, 2.05) is 12.1 Å². The topological polar surface area (TPSA) is 36.0 Å². The van der Waals surface area contributed by atoms with Crippen LogP contribution in [0.3, 0.4) is 0 Å². The molecule has 0 radical (unpaired) electrons. The molecule has 160 valence electrons. The zero-order chi connectivity index (χ0) is 20.6. The summed E-state index contributed by atoms with van der Waals surface area (Å²) in [5, 5.41) is 0. The molecule has 2 saturated heterocycles. The van der Waals surface area contributed by atoms with Gasteiger partial charge >= 0.3 is 0 Å². The number of likely N-dealkylation sites (tertiary alicyclic amines) is 2. The molecule has 0 bridgehead atoms. The van der Waals surface area contributed by atoms with Gasteiger partial charge in [0.2, 0.25) is 5.91 Å². The molecule has 0 spiro atoms. The molecule has 2 aliphatic heterocycles. The van der Waals surface area contributed by atoms with Gasteiger partial charge in [0.1, 0.15) is 5.75 Å². The van der Waals surface area contributed by atoms with Crippen LogP contribution in [0, 0.1) is 5.92 Å². The minimum atomic E-state index is -0.270. The molecule has 5 heteroatoms. The van der Waals surface area contributed by atoms with Crippen LogP contribution >= 0.6 is 0 Å². The van der Waals surface area contributed by atoms with Crippen LogP contribution in [-0.2, 0) is 10.2 Å². The number of nitrogens with zero attached hydrogens (tertiary/aromatic N) is 3. The highest BCUT2D eigenvalue weighted by Crippen LogP contribution is 2.50.